The number of carbonyl (C=O) groups excluding carboxylic acids is 1. The van der Waals surface area contributed by atoms with Crippen LogP contribution in [-0.4, -0.2) is 20.9 Å². The van der Waals surface area contributed by atoms with Crippen LogP contribution in [0.25, 0.3) is 11.0 Å². The minimum Gasteiger partial charge on any atom is -0.383 e. The zero-order valence-electron chi connectivity index (χ0n) is 15.1. The van der Waals surface area contributed by atoms with Gasteiger partial charge in [0, 0.05) is 23.9 Å². The van der Waals surface area contributed by atoms with Gasteiger partial charge in [0.2, 0.25) is 0 Å². The van der Waals surface area contributed by atoms with Crippen molar-refractivity contribution >= 4 is 34.1 Å². The second-order valence-electron chi connectivity index (χ2n) is 6.28. The first kappa shape index (κ1) is 17.8. The third kappa shape index (κ3) is 3.59. The first-order valence-corrected chi connectivity index (χ1v) is 9.55. The maximum Gasteiger partial charge on any atom is 0.251 e. The second-order valence-corrected chi connectivity index (χ2v) is 7.06. The standard InChI is InChI=1S/C21H17N5OS/c1-13-2-3-16(21(27)24-9-14-6-7-28-11-14)8-15(13)4-5-17-10-23-20-18(17)19(22)25-12-26-20/h2-3,6-8,10-12H,9H2,1H3,(H,24,27)(H3,22,23,25,26). The van der Waals surface area contributed by atoms with E-state index in [0.717, 1.165) is 22.3 Å². The van der Waals surface area contributed by atoms with Gasteiger partial charge in [-0.25, -0.2) is 9.97 Å². The largest absolute Gasteiger partial charge is 0.383 e. The number of aryl methyl sites for hydroxylation is 1. The Bertz CT molecular complexity index is 1210. The van der Waals surface area contributed by atoms with Gasteiger partial charge in [-0.05, 0) is 47.0 Å². The summed E-state index contributed by atoms with van der Waals surface area (Å²) in [5.74, 6) is 6.51. The summed E-state index contributed by atoms with van der Waals surface area (Å²) in [7, 11) is 0. The molecule has 6 nitrogen and oxygen atoms in total. The van der Waals surface area contributed by atoms with Crippen LogP contribution < -0.4 is 11.1 Å². The van der Waals surface area contributed by atoms with E-state index in [1.807, 2.05) is 29.8 Å². The third-order valence-corrected chi connectivity index (χ3v) is 5.10. The number of benzene rings is 1. The van der Waals surface area contributed by atoms with Crippen molar-refractivity contribution in [1.29, 1.82) is 0 Å². The molecule has 0 unspecified atom stereocenters. The van der Waals surface area contributed by atoms with Crippen molar-refractivity contribution in [2.45, 2.75) is 13.5 Å². The fourth-order valence-electron chi connectivity index (χ4n) is 2.80. The summed E-state index contributed by atoms with van der Waals surface area (Å²) in [6, 6.07) is 7.50. The number of nitrogens with one attached hydrogen (secondary N) is 2. The SMILES string of the molecule is Cc1ccc(C(=O)NCc2ccsc2)cc1C#Cc1c[nH]c2ncnc(N)c12. The topological polar surface area (TPSA) is 96.7 Å². The van der Waals surface area contributed by atoms with E-state index in [2.05, 4.69) is 32.1 Å². The summed E-state index contributed by atoms with van der Waals surface area (Å²) >= 11 is 1.61. The first-order chi connectivity index (χ1) is 13.6. The van der Waals surface area contributed by atoms with Gasteiger partial charge in [-0.15, -0.1) is 0 Å². The van der Waals surface area contributed by atoms with Crippen molar-refractivity contribution < 1.29 is 4.79 Å². The Hall–Kier alpha value is -3.63. The maximum absolute atomic E-state index is 12.5. The monoisotopic (exact) mass is 387 g/mol. The Labute approximate surface area is 165 Å². The van der Waals surface area contributed by atoms with Crippen LogP contribution in [0.1, 0.15) is 32.6 Å². The van der Waals surface area contributed by atoms with Gasteiger partial charge in [0.1, 0.15) is 17.8 Å². The predicted molar refractivity (Wildman–Crippen MR) is 111 cm³/mol. The van der Waals surface area contributed by atoms with Crippen molar-refractivity contribution in [1.82, 2.24) is 20.3 Å². The van der Waals surface area contributed by atoms with Gasteiger partial charge in [-0.3, -0.25) is 4.79 Å². The molecule has 4 rings (SSSR count). The highest BCUT2D eigenvalue weighted by molar-refractivity contribution is 7.07. The number of thiophene rings is 1. The number of nitrogens with zero attached hydrogens (tertiary/aromatic N) is 2. The molecule has 0 radical (unpaired) electrons. The van der Waals surface area contributed by atoms with E-state index in [1.165, 1.54) is 6.33 Å². The van der Waals surface area contributed by atoms with Crippen molar-refractivity contribution in [2.24, 2.45) is 0 Å². The first-order valence-electron chi connectivity index (χ1n) is 8.61. The lowest BCUT2D eigenvalue weighted by molar-refractivity contribution is 0.0951. The summed E-state index contributed by atoms with van der Waals surface area (Å²) in [4.78, 5) is 23.7. The number of H-pyrrole nitrogens is 1. The number of hydrogen-bond acceptors (Lipinski definition) is 5. The highest BCUT2D eigenvalue weighted by atomic mass is 32.1. The lowest BCUT2D eigenvalue weighted by Crippen LogP contribution is -2.22. The number of nitrogens with two attached hydrogens (primary N) is 1. The highest BCUT2D eigenvalue weighted by Gasteiger charge is 2.09. The van der Waals surface area contributed by atoms with E-state index < -0.39 is 0 Å². The summed E-state index contributed by atoms with van der Waals surface area (Å²) < 4.78 is 0. The third-order valence-electron chi connectivity index (χ3n) is 4.36. The zero-order chi connectivity index (χ0) is 19.5. The van der Waals surface area contributed by atoms with Gasteiger partial charge >= 0.3 is 0 Å². The van der Waals surface area contributed by atoms with Gasteiger partial charge in [0.05, 0.1) is 10.9 Å². The quantitative estimate of drug-likeness (QED) is 0.470. The van der Waals surface area contributed by atoms with E-state index in [0.29, 0.717) is 29.0 Å². The number of carbonyl (C=O) groups is 1. The maximum atomic E-state index is 12.5. The summed E-state index contributed by atoms with van der Waals surface area (Å²) in [5.41, 5.74) is 10.8. The number of rotatable bonds is 3. The minimum atomic E-state index is -0.126. The lowest BCUT2D eigenvalue weighted by atomic mass is 10.0. The normalized spacial score (nSPS) is 10.5. The number of fused-ring (bicyclic) bond motifs is 1. The zero-order valence-corrected chi connectivity index (χ0v) is 15.9. The van der Waals surface area contributed by atoms with Crippen LogP contribution in [0.3, 0.4) is 0 Å². The molecule has 1 amide bonds. The molecule has 0 aliphatic rings. The van der Waals surface area contributed by atoms with Crippen molar-refractivity contribution in [3.8, 4) is 11.8 Å². The van der Waals surface area contributed by atoms with E-state index in [-0.39, 0.29) is 5.91 Å². The molecule has 4 aromatic rings. The Morgan fingerprint density at radius 1 is 1.25 bits per heavy atom. The summed E-state index contributed by atoms with van der Waals surface area (Å²) in [5, 5.41) is 7.64. The van der Waals surface area contributed by atoms with Crippen LogP contribution in [-0.2, 0) is 6.54 Å². The number of aromatic amines is 1. The van der Waals surface area contributed by atoms with Crippen LogP contribution in [0, 0.1) is 18.8 Å². The smallest absolute Gasteiger partial charge is 0.251 e. The molecule has 0 aliphatic carbocycles. The van der Waals surface area contributed by atoms with Crippen molar-refractivity contribution in [2.75, 3.05) is 5.73 Å². The summed E-state index contributed by atoms with van der Waals surface area (Å²) in [6.07, 6.45) is 3.17. The van der Waals surface area contributed by atoms with E-state index >= 15 is 0 Å². The molecular formula is C21H17N5OS. The number of amides is 1. The molecule has 7 heteroatoms. The molecule has 4 N–H and O–H groups in total. The van der Waals surface area contributed by atoms with Crippen LogP contribution in [0.15, 0.2) is 47.5 Å². The molecular weight excluding hydrogens is 370 g/mol. The Balaban J connectivity index is 1.59. The Kier molecular flexibility index (Phi) is 4.79. The fraction of sp³-hybridized carbons (Fsp3) is 0.0952. The van der Waals surface area contributed by atoms with Crippen LogP contribution >= 0.6 is 11.3 Å². The number of anilines is 1. The Morgan fingerprint density at radius 3 is 2.93 bits per heavy atom. The van der Waals surface area contributed by atoms with Gasteiger partial charge in [-0.1, -0.05) is 17.9 Å². The molecule has 3 aromatic heterocycles. The molecule has 0 atom stereocenters. The van der Waals surface area contributed by atoms with E-state index in [4.69, 9.17) is 5.73 Å². The average molecular weight is 387 g/mol. The van der Waals surface area contributed by atoms with Crippen LogP contribution in [0.2, 0.25) is 0 Å². The number of nitrogen functional groups attached to an aromatic ring is 1. The van der Waals surface area contributed by atoms with Gasteiger partial charge in [-0.2, -0.15) is 11.3 Å². The van der Waals surface area contributed by atoms with Crippen LogP contribution in [0.4, 0.5) is 5.82 Å². The molecule has 138 valence electrons. The van der Waals surface area contributed by atoms with Crippen LogP contribution in [0.5, 0.6) is 0 Å². The minimum absolute atomic E-state index is 0.126. The summed E-state index contributed by atoms with van der Waals surface area (Å²) in [6.45, 7) is 2.47. The van der Waals surface area contributed by atoms with E-state index in [9.17, 15) is 4.79 Å². The van der Waals surface area contributed by atoms with E-state index in [1.54, 1.807) is 29.7 Å². The molecule has 1 aromatic carbocycles. The average Bonchev–Trinajstić information content (AvgIpc) is 3.36. The highest BCUT2D eigenvalue weighted by Crippen LogP contribution is 2.20. The van der Waals surface area contributed by atoms with Crippen molar-refractivity contribution in [3.05, 3.63) is 75.4 Å². The fourth-order valence-corrected chi connectivity index (χ4v) is 3.46. The second kappa shape index (κ2) is 7.55. The van der Waals surface area contributed by atoms with Gasteiger partial charge in [0.15, 0.2) is 0 Å². The van der Waals surface area contributed by atoms with Crippen molar-refractivity contribution in [3.63, 3.8) is 0 Å². The molecule has 0 aliphatic heterocycles. The molecule has 0 fully saturated rings. The predicted octanol–water partition coefficient (Wildman–Crippen LogP) is 3.24. The van der Waals surface area contributed by atoms with Gasteiger partial charge in [0.25, 0.3) is 5.91 Å². The molecule has 28 heavy (non-hydrogen) atoms. The molecule has 0 saturated carbocycles. The molecule has 0 spiro atoms. The number of aromatic nitrogens is 3. The molecule has 0 saturated heterocycles. The Morgan fingerprint density at radius 2 is 2.11 bits per heavy atom. The lowest BCUT2D eigenvalue weighted by Gasteiger charge is -2.06. The van der Waals surface area contributed by atoms with Gasteiger partial charge < -0.3 is 16.0 Å². The number of hydrogen-bond donors (Lipinski definition) is 3. The molecule has 3 heterocycles. The molecule has 0 bridgehead atoms.